The van der Waals surface area contributed by atoms with Crippen LogP contribution in [0, 0.1) is 12.8 Å². The third-order valence-corrected chi connectivity index (χ3v) is 3.32. The van der Waals surface area contributed by atoms with Crippen molar-refractivity contribution < 1.29 is 9.53 Å². The highest BCUT2D eigenvalue weighted by Gasteiger charge is 2.08. The molecule has 0 aliphatic carbocycles. The van der Waals surface area contributed by atoms with Crippen LogP contribution in [-0.4, -0.2) is 17.5 Å². The summed E-state index contributed by atoms with van der Waals surface area (Å²) in [4.78, 5) is 16.4. The Morgan fingerprint density at radius 2 is 1.95 bits per heavy atom. The number of nitrogens with zero attached hydrogens (tertiary/aromatic N) is 1. The largest absolute Gasteiger partial charge is 0.494 e. The number of nitrogens with one attached hydrogen (secondary N) is 1. The lowest BCUT2D eigenvalue weighted by atomic mass is 10.1. The Bertz CT molecular complexity index is 621. The Morgan fingerprint density at radius 1 is 1.23 bits per heavy atom. The van der Waals surface area contributed by atoms with Crippen LogP contribution in [0.25, 0.3) is 0 Å². The molecule has 0 unspecified atom stereocenters. The van der Waals surface area contributed by atoms with Crippen LogP contribution in [0.1, 0.15) is 36.2 Å². The van der Waals surface area contributed by atoms with Crippen LogP contribution in [0.2, 0.25) is 0 Å². The summed E-state index contributed by atoms with van der Waals surface area (Å²) in [6, 6.07) is 10.9. The van der Waals surface area contributed by atoms with Crippen molar-refractivity contribution in [2.75, 3.05) is 11.9 Å². The van der Waals surface area contributed by atoms with Gasteiger partial charge in [0.2, 0.25) is 0 Å². The van der Waals surface area contributed by atoms with Gasteiger partial charge in [0.05, 0.1) is 6.61 Å². The van der Waals surface area contributed by atoms with Gasteiger partial charge < -0.3 is 10.1 Å². The molecular formula is C18H22N2O2. The molecule has 1 amide bonds. The fraction of sp³-hybridized carbons (Fsp3) is 0.333. The van der Waals surface area contributed by atoms with E-state index >= 15 is 0 Å². The normalized spacial score (nSPS) is 10.5. The molecule has 0 saturated heterocycles. The third-order valence-electron chi connectivity index (χ3n) is 3.32. The molecule has 2 rings (SSSR count). The Balaban J connectivity index is 1.95. The van der Waals surface area contributed by atoms with Gasteiger partial charge in [-0.1, -0.05) is 19.9 Å². The number of benzene rings is 1. The first-order valence-electron chi connectivity index (χ1n) is 7.52. The summed E-state index contributed by atoms with van der Waals surface area (Å²) < 4.78 is 5.64. The lowest BCUT2D eigenvalue weighted by molar-refractivity contribution is 0.102. The van der Waals surface area contributed by atoms with Crippen LogP contribution in [0.4, 0.5) is 5.82 Å². The number of rotatable bonds is 6. The zero-order valence-corrected chi connectivity index (χ0v) is 13.3. The van der Waals surface area contributed by atoms with Crippen LogP contribution in [-0.2, 0) is 0 Å². The molecule has 0 radical (unpaired) electrons. The molecule has 0 aliphatic heterocycles. The summed E-state index contributed by atoms with van der Waals surface area (Å²) >= 11 is 0. The number of carbonyl (C=O) groups excluding carboxylic acids is 1. The number of hydrogen-bond acceptors (Lipinski definition) is 3. The molecule has 2 aromatic rings. The predicted octanol–water partition coefficient (Wildman–Crippen LogP) is 4.07. The van der Waals surface area contributed by atoms with Crippen molar-refractivity contribution in [1.29, 1.82) is 0 Å². The Kier molecular flexibility index (Phi) is 5.53. The Labute approximate surface area is 131 Å². The highest BCUT2D eigenvalue weighted by Crippen LogP contribution is 2.15. The topological polar surface area (TPSA) is 51.2 Å². The van der Waals surface area contributed by atoms with Crippen molar-refractivity contribution in [2.24, 2.45) is 5.92 Å². The van der Waals surface area contributed by atoms with Gasteiger partial charge in [0.1, 0.15) is 11.6 Å². The number of carbonyl (C=O) groups is 1. The van der Waals surface area contributed by atoms with Gasteiger partial charge in [-0.25, -0.2) is 4.98 Å². The molecular weight excluding hydrogens is 276 g/mol. The van der Waals surface area contributed by atoms with E-state index in [0.29, 0.717) is 23.9 Å². The van der Waals surface area contributed by atoms with Crippen molar-refractivity contribution in [3.63, 3.8) is 0 Å². The molecule has 1 heterocycles. The van der Waals surface area contributed by atoms with E-state index in [1.165, 1.54) is 0 Å². The maximum absolute atomic E-state index is 12.2. The molecule has 1 N–H and O–H groups in total. The summed E-state index contributed by atoms with van der Waals surface area (Å²) in [5, 5.41) is 2.81. The lowest BCUT2D eigenvalue weighted by Gasteiger charge is -2.09. The highest BCUT2D eigenvalue weighted by atomic mass is 16.5. The van der Waals surface area contributed by atoms with Gasteiger partial charge in [0.15, 0.2) is 0 Å². The van der Waals surface area contributed by atoms with E-state index in [2.05, 4.69) is 24.1 Å². The van der Waals surface area contributed by atoms with Crippen LogP contribution < -0.4 is 10.1 Å². The van der Waals surface area contributed by atoms with Crippen molar-refractivity contribution in [3.05, 3.63) is 53.7 Å². The molecule has 0 fully saturated rings. The molecule has 1 aromatic carbocycles. The fourth-order valence-electron chi connectivity index (χ4n) is 1.91. The summed E-state index contributed by atoms with van der Waals surface area (Å²) in [6.45, 7) is 6.93. The smallest absolute Gasteiger partial charge is 0.256 e. The van der Waals surface area contributed by atoms with E-state index in [9.17, 15) is 4.79 Å². The summed E-state index contributed by atoms with van der Waals surface area (Å²) in [6.07, 6.45) is 2.68. The number of aryl methyl sites for hydroxylation is 1. The maximum Gasteiger partial charge on any atom is 0.256 e. The van der Waals surface area contributed by atoms with E-state index in [1.807, 2.05) is 31.2 Å². The van der Waals surface area contributed by atoms with Crippen molar-refractivity contribution in [1.82, 2.24) is 4.98 Å². The summed E-state index contributed by atoms with van der Waals surface area (Å²) in [5.41, 5.74) is 1.52. The lowest BCUT2D eigenvalue weighted by Crippen LogP contribution is -2.13. The average Bonchev–Trinajstić information content (AvgIpc) is 2.50. The number of anilines is 1. The molecule has 4 nitrogen and oxygen atoms in total. The van der Waals surface area contributed by atoms with Crippen LogP contribution >= 0.6 is 0 Å². The quantitative estimate of drug-likeness (QED) is 0.874. The number of hydrogen-bond donors (Lipinski definition) is 1. The van der Waals surface area contributed by atoms with E-state index in [0.717, 1.165) is 17.7 Å². The second-order valence-corrected chi connectivity index (χ2v) is 5.68. The molecule has 22 heavy (non-hydrogen) atoms. The van der Waals surface area contributed by atoms with Gasteiger partial charge in [0.25, 0.3) is 5.91 Å². The maximum atomic E-state index is 12.2. The number of aromatic nitrogens is 1. The molecule has 0 atom stereocenters. The molecule has 0 spiro atoms. The number of amides is 1. The van der Waals surface area contributed by atoms with E-state index in [-0.39, 0.29) is 5.91 Å². The van der Waals surface area contributed by atoms with Gasteiger partial charge in [-0.3, -0.25) is 4.79 Å². The first kappa shape index (κ1) is 16.0. The summed E-state index contributed by atoms with van der Waals surface area (Å²) in [7, 11) is 0. The van der Waals surface area contributed by atoms with Crippen LogP contribution in [0.5, 0.6) is 5.75 Å². The first-order valence-corrected chi connectivity index (χ1v) is 7.52. The molecule has 0 aliphatic rings. The summed E-state index contributed by atoms with van der Waals surface area (Å²) in [5.74, 6) is 1.82. The van der Waals surface area contributed by atoms with Gasteiger partial charge in [-0.15, -0.1) is 0 Å². The van der Waals surface area contributed by atoms with Gasteiger partial charge in [0, 0.05) is 11.8 Å². The third kappa shape index (κ3) is 4.58. The minimum Gasteiger partial charge on any atom is -0.494 e. The standard InChI is InChI=1S/C18H22N2O2/c1-13(2)10-12-22-16-8-6-15(7-9-16)18(21)20-17-14(3)5-4-11-19-17/h4-9,11,13H,10,12H2,1-3H3,(H,19,20,21). The van der Waals surface area contributed by atoms with Crippen molar-refractivity contribution >= 4 is 11.7 Å². The SMILES string of the molecule is Cc1cccnc1NC(=O)c1ccc(OCCC(C)C)cc1. The zero-order chi connectivity index (χ0) is 15.9. The molecule has 116 valence electrons. The van der Waals surface area contributed by atoms with Gasteiger partial charge >= 0.3 is 0 Å². The zero-order valence-electron chi connectivity index (χ0n) is 13.3. The Morgan fingerprint density at radius 3 is 2.59 bits per heavy atom. The average molecular weight is 298 g/mol. The molecule has 0 saturated carbocycles. The second-order valence-electron chi connectivity index (χ2n) is 5.68. The molecule has 0 bridgehead atoms. The van der Waals surface area contributed by atoms with Crippen molar-refractivity contribution in [3.8, 4) is 5.75 Å². The van der Waals surface area contributed by atoms with Crippen LogP contribution in [0.15, 0.2) is 42.6 Å². The first-order chi connectivity index (χ1) is 10.6. The van der Waals surface area contributed by atoms with Gasteiger partial charge in [-0.2, -0.15) is 0 Å². The highest BCUT2D eigenvalue weighted by molar-refractivity contribution is 6.04. The Hall–Kier alpha value is -2.36. The van der Waals surface area contributed by atoms with E-state index < -0.39 is 0 Å². The number of pyridine rings is 1. The molecule has 4 heteroatoms. The monoisotopic (exact) mass is 298 g/mol. The van der Waals surface area contributed by atoms with Crippen LogP contribution in [0.3, 0.4) is 0 Å². The van der Waals surface area contributed by atoms with Gasteiger partial charge in [-0.05, 0) is 55.2 Å². The second kappa shape index (κ2) is 7.59. The number of ether oxygens (including phenoxy) is 1. The van der Waals surface area contributed by atoms with E-state index in [1.54, 1.807) is 18.3 Å². The predicted molar refractivity (Wildman–Crippen MR) is 88.3 cm³/mol. The molecule has 1 aromatic heterocycles. The minimum atomic E-state index is -0.171. The van der Waals surface area contributed by atoms with Crippen molar-refractivity contribution in [2.45, 2.75) is 27.2 Å². The fourth-order valence-corrected chi connectivity index (χ4v) is 1.91. The minimum absolute atomic E-state index is 0.171. The van der Waals surface area contributed by atoms with E-state index in [4.69, 9.17) is 4.74 Å².